The minimum Gasteiger partial charge on any atom is -0.391 e. The van der Waals surface area contributed by atoms with Crippen LogP contribution in [0.25, 0.3) is 0 Å². The monoisotopic (exact) mass is 762 g/mol. The summed E-state index contributed by atoms with van der Waals surface area (Å²) in [4.78, 5) is 23.0. The molecular weight excluding hydrogens is 671 g/mol. The molecule has 0 aliphatic heterocycles. The van der Waals surface area contributed by atoms with Gasteiger partial charge >= 0.3 is 7.82 Å². The first-order chi connectivity index (χ1) is 25.0. The number of phosphoric ester groups is 1. The topological polar surface area (TPSA) is 105 Å². The predicted molar refractivity (Wildman–Crippen MR) is 222 cm³/mol. The number of aliphatic hydroxyl groups is 1. The lowest BCUT2D eigenvalue weighted by Gasteiger charge is -2.26. The van der Waals surface area contributed by atoms with Crippen molar-refractivity contribution in [3.63, 3.8) is 0 Å². The highest BCUT2D eigenvalue weighted by atomic mass is 31.2. The highest BCUT2D eigenvalue weighted by molar-refractivity contribution is 7.47. The van der Waals surface area contributed by atoms with Crippen LogP contribution in [0.15, 0.2) is 0 Å². The smallest absolute Gasteiger partial charge is 0.391 e. The maximum Gasteiger partial charge on any atom is 0.472 e. The lowest BCUT2D eigenvalue weighted by atomic mass is 10.0. The van der Waals surface area contributed by atoms with Crippen LogP contribution in [0, 0.1) is 0 Å². The summed E-state index contributed by atoms with van der Waals surface area (Å²) in [6, 6.07) is -0.751. The first-order valence-corrected chi connectivity index (χ1v) is 23.9. The minimum atomic E-state index is -4.30. The van der Waals surface area contributed by atoms with Crippen molar-refractivity contribution in [1.82, 2.24) is 5.32 Å². The van der Waals surface area contributed by atoms with Crippen molar-refractivity contribution in [1.29, 1.82) is 0 Å². The Bertz CT molecular complexity index is 824. The van der Waals surface area contributed by atoms with Crippen molar-refractivity contribution in [3.8, 4) is 0 Å². The summed E-state index contributed by atoms with van der Waals surface area (Å²) >= 11 is 0. The number of phosphoric acid groups is 1. The van der Waals surface area contributed by atoms with E-state index in [1.54, 1.807) is 0 Å². The number of amides is 1. The summed E-state index contributed by atoms with van der Waals surface area (Å²) in [5.41, 5.74) is 0. The molecule has 0 heterocycles. The Kier molecular flexibility index (Phi) is 35.8. The number of carbonyl (C=O) groups is 1. The van der Waals surface area contributed by atoms with Gasteiger partial charge < -0.3 is 19.8 Å². The van der Waals surface area contributed by atoms with Crippen LogP contribution in [0.1, 0.15) is 219 Å². The molecule has 0 radical (unpaired) electrons. The van der Waals surface area contributed by atoms with Gasteiger partial charge in [0.2, 0.25) is 5.91 Å². The van der Waals surface area contributed by atoms with Crippen LogP contribution in [-0.2, 0) is 18.4 Å². The molecule has 0 aromatic heterocycles. The average Bonchev–Trinajstić information content (AvgIpc) is 3.09. The van der Waals surface area contributed by atoms with Gasteiger partial charge in [-0.25, -0.2) is 4.57 Å². The normalized spacial score (nSPS) is 14.4. The Morgan fingerprint density at radius 2 is 0.923 bits per heavy atom. The lowest BCUT2D eigenvalue weighted by Crippen LogP contribution is -2.46. The first kappa shape index (κ1) is 51.5. The minimum absolute atomic E-state index is 0.0782. The highest BCUT2D eigenvalue weighted by Gasteiger charge is 2.28. The van der Waals surface area contributed by atoms with Crippen molar-refractivity contribution in [2.75, 3.05) is 40.9 Å². The number of carbonyl (C=O) groups excluding carboxylic acids is 1. The molecule has 0 bridgehead atoms. The van der Waals surface area contributed by atoms with E-state index in [1.165, 1.54) is 154 Å². The Balaban J connectivity index is 4.15. The zero-order valence-electron chi connectivity index (χ0n) is 35.3. The van der Waals surface area contributed by atoms with Crippen LogP contribution in [0.3, 0.4) is 0 Å². The summed E-state index contributed by atoms with van der Waals surface area (Å²) in [5, 5.41) is 13.9. The summed E-state index contributed by atoms with van der Waals surface area (Å²) in [5.74, 6) is -0.147. The fourth-order valence-corrected chi connectivity index (χ4v) is 7.49. The van der Waals surface area contributed by atoms with Gasteiger partial charge in [-0.15, -0.1) is 0 Å². The van der Waals surface area contributed by atoms with Crippen molar-refractivity contribution in [2.24, 2.45) is 0 Å². The van der Waals surface area contributed by atoms with E-state index in [2.05, 4.69) is 19.2 Å². The SMILES string of the molecule is CCCCCCCCCCCCCCCCCCCCCCCCC(O)C(COP(=O)(O)OCC[N+](C)(C)C)NC(=O)CCCCCCCCCC. The third kappa shape index (κ3) is 37.8. The van der Waals surface area contributed by atoms with Gasteiger partial charge in [-0.3, -0.25) is 13.8 Å². The zero-order valence-corrected chi connectivity index (χ0v) is 36.2. The molecule has 52 heavy (non-hydrogen) atoms. The maximum absolute atomic E-state index is 12.8. The number of hydrogen-bond donors (Lipinski definition) is 3. The van der Waals surface area contributed by atoms with E-state index in [4.69, 9.17) is 9.05 Å². The number of rotatable bonds is 41. The number of unbranched alkanes of at least 4 members (excludes halogenated alkanes) is 28. The summed E-state index contributed by atoms with van der Waals surface area (Å²) in [6.45, 7) is 4.87. The molecule has 9 heteroatoms. The number of likely N-dealkylation sites (N-methyl/N-ethyl adjacent to an activating group) is 1. The van der Waals surface area contributed by atoms with Gasteiger partial charge in [-0.1, -0.05) is 200 Å². The van der Waals surface area contributed by atoms with Crippen LogP contribution in [0.4, 0.5) is 0 Å². The maximum atomic E-state index is 12.8. The molecule has 0 aliphatic rings. The molecule has 0 aromatic rings. The largest absolute Gasteiger partial charge is 0.472 e. The van der Waals surface area contributed by atoms with Crippen LogP contribution >= 0.6 is 7.82 Å². The molecule has 1 amide bonds. The van der Waals surface area contributed by atoms with Gasteiger partial charge in [0.1, 0.15) is 13.2 Å². The van der Waals surface area contributed by atoms with Crippen LogP contribution in [0.2, 0.25) is 0 Å². The van der Waals surface area contributed by atoms with E-state index < -0.39 is 20.0 Å². The van der Waals surface area contributed by atoms with Gasteiger partial charge in [0.25, 0.3) is 0 Å². The molecule has 0 saturated carbocycles. The molecule has 3 N–H and O–H groups in total. The second kappa shape index (κ2) is 36.2. The number of nitrogens with zero attached hydrogens (tertiary/aromatic N) is 1. The second-order valence-electron chi connectivity index (χ2n) is 16.8. The van der Waals surface area contributed by atoms with Gasteiger partial charge in [0.15, 0.2) is 0 Å². The van der Waals surface area contributed by atoms with E-state index in [0.29, 0.717) is 23.9 Å². The highest BCUT2D eigenvalue weighted by Crippen LogP contribution is 2.43. The Morgan fingerprint density at radius 1 is 0.577 bits per heavy atom. The van der Waals surface area contributed by atoms with Crippen molar-refractivity contribution in [3.05, 3.63) is 0 Å². The molecule has 0 rings (SSSR count). The standard InChI is InChI=1S/C43H89N2O6P/c1-6-8-10-12-14-16-17-18-19-20-21-22-23-24-25-26-27-28-29-30-32-34-36-42(46)41(40-51-52(48,49)50-39-38-45(3,4)5)44-43(47)37-35-33-31-15-13-11-9-7-2/h41-42,46H,6-40H2,1-5H3,(H-,44,47,48,49)/p+1. The van der Waals surface area contributed by atoms with Crippen molar-refractivity contribution < 1.29 is 32.9 Å². The molecule has 0 fully saturated rings. The Labute approximate surface area is 323 Å². The van der Waals surface area contributed by atoms with E-state index >= 15 is 0 Å². The fraction of sp³-hybridized carbons (Fsp3) is 0.977. The van der Waals surface area contributed by atoms with E-state index in [0.717, 1.165) is 38.5 Å². The van der Waals surface area contributed by atoms with E-state index in [1.807, 2.05) is 21.1 Å². The average molecular weight is 762 g/mol. The lowest BCUT2D eigenvalue weighted by molar-refractivity contribution is -0.870. The van der Waals surface area contributed by atoms with Gasteiger partial charge in [-0.05, 0) is 12.8 Å². The van der Waals surface area contributed by atoms with Gasteiger partial charge in [-0.2, -0.15) is 0 Å². The molecule has 0 aliphatic carbocycles. The summed E-state index contributed by atoms with van der Waals surface area (Å²) in [6.07, 6.45) is 38.6. The first-order valence-electron chi connectivity index (χ1n) is 22.4. The predicted octanol–water partition coefficient (Wildman–Crippen LogP) is 12.2. The number of hydrogen-bond acceptors (Lipinski definition) is 5. The quantitative estimate of drug-likeness (QED) is 0.0325. The van der Waals surface area contributed by atoms with Gasteiger partial charge in [0, 0.05) is 6.42 Å². The molecule has 3 unspecified atom stereocenters. The molecule has 0 aromatic carbocycles. The number of nitrogens with one attached hydrogen (secondary N) is 1. The van der Waals surface area contributed by atoms with Crippen LogP contribution in [-0.4, -0.2) is 73.4 Å². The summed E-state index contributed by atoms with van der Waals surface area (Å²) < 4.78 is 23.5. The van der Waals surface area contributed by atoms with Crippen LogP contribution < -0.4 is 5.32 Å². The fourth-order valence-electron chi connectivity index (χ4n) is 6.75. The molecule has 0 spiro atoms. The van der Waals surface area contributed by atoms with E-state index in [9.17, 15) is 19.4 Å². The molecular formula is C43H90N2O6P+. The van der Waals surface area contributed by atoms with Gasteiger partial charge in [0.05, 0.1) is 39.9 Å². The van der Waals surface area contributed by atoms with Crippen LogP contribution in [0.5, 0.6) is 0 Å². The molecule has 312 valence electrons. The summed E-state index contributed by atoms with van der Waals surface area (Å²) in [7, 11) is 1.63. The molecule has 3 atom stereocenters. The van der Waals surface area contributed by atoms with Crippen molar-refractivity contribution >= 4 is 13.7 Å². The zero-order chi connectivity index (χ0) is 38.6. The number of quaternary nitrogens is 1. The molecule has 8 nitrogen and oxygen atoms in total. The number of aliphatic hydroxyl groups excluding tert-OH is 1. The Morgan fingerprint density at radius 3 is 1.29 bits per heavy atom. The van der Waals surface area contributed by atoms with Crippen molar-refractivity contribution in [2.45, 2.75) is 231 Å². The third-order valence-electron chi connectivity index (χ3n) is 10.4. The third-order valence-corrected chi connectivity index (χ3v) is 11.3. The molecule has 0 saturated heterocycles. The van der Waals surface area contributed by atoms with E-state index in [-0.39, 0.29) is 19.1 Å². The second-order valence-corrected chi connectivity index (χ2v) is 18.2. The Hall–Kier alpha value is -0.500.